The summed E-state index contributed by atoms with van der Waals surface area (Å²) in [6.45, 7) is 5.39. The predicted molar refractivity (Wildman–Crippen MR) is 86.4 cm³/mol. The zero-order valence-corrected chi connectivity index (χ0v) is 13.3. The number of aryl methyl sites for hydroxylation is 1. The van der Waals surface area contributed by atoms with Crippen LogP contribution in [0.25, 0.3) is 5.57 Å². The van der Waals surface area contributed by atoms with Gasteiger partial charge in [0.1, 0.15) is 5.82 Å². The third-order valence-corrected chi connectivity index (χ3v) is 5.47. The van der Waals surface area contributed by atoms with Crippen molar-refractivity contribution in [3.05, 3.63) is 16.8 Å². The van der Waals surface area contributed by atoms with Crippen LogP contribution in [0.1, 0.15) is 62.7 Å². The van der Waals surface area contributed by atoms with Gasteiger partial charge in [0.15, 0.2) is 0 Å². The Morgan fingerprint density at radius 1 is 1.24 bits per heavy atom. The van der Waals surface area contributed by atoms with E-state index in [9.17, 15) is 0 Å². The first-order valence-corrected chi connectivity index (χ1v) is 8.55. The van der Waals surface area contributed by atoms with Gasteiger partial charge in [0, 0.05) is 18.7 Å². The van der Waals surface area contributed by atoms with E-state index in [-0.39, 0.29) is 0 Å². The molecule has 4 rings (SSSR count). The van der Waals surface area contributed by atoms with Crippen LogP contribution < -0.4 is 5.32 Å². The van der Waals surface area contributed by atoms with Crippen molar-refractivity contribution in [1.82, 2.24) is 14.7 Å². The number of hydrogen-bond donors (Lipinski definition) is 1. The molecule has 0 radical (unpaired) electrons. The molecule has 1 aromatic heterocycles. The third-order valence-electron chi connectivity index (χ3n) is 5.47. The Kier molecular flexibility index (Phi) is 3.29. The molecule has 0 aromatic carbocycles. The monoisotopic (exact) mass is 286 g/mol. The van der Waals surface area contributed by atoms with E-state index in [2.05, 4.69) is 28.9 Å². The lowest BCUT2D eigenvalue weighted by Gasteiger charge is -2.28. The van der Waals surface area contributed by atoms with Crippen molar-refractivity contribution in [2.45, 2.75) is 58.0 Å². The second-order valence-corrected chi connectivity index (χ2v) is 6.71. The van der Waals surface area contributed by atoms with Crippen molar-refractivity contribution < 1.29 is 0 Å². The Morgan fingerprint density at radius 2 is 2.10 bits per heavy atom. The number of anilines is 1. The highest BCUT2D eigenvalue weighted by Gasteiger charge is 2.34. The molecule has 3 aliphatic rings. The Bertz CT molecular complexity index is 584. The normalized spacial score (nSPS) is 25.7. The van der Waals surface area contributed by atoms with Crippen molar-refractivity contribution in [2.24, 2.45) is 0 Å². The van der Waals surface area contributed by atoms with Crippen LogP contribution in [-0.2, 0) is 6.54 Å². The first-order chi connectivity index (χ1) is 10.3. The van der Waals surface area contributed by atoms with E-state index in [0.29, 0.717) is 6.04 Å². The van der Waals surface area contributed by atoms with E-state index >= 15 is 0 Å². The lowest BCUT2D eigenvalue weighted by Crippen LogP contribution is -2.21. The van der Waals surface area contributed by atoms with Gasteiger partial charge in [-0.25, -0.2) is 4.68 Å². The minimum atomic E-state index is 0.516. The topological polar surface area (TPSA) is 33.1 Å². The summed E-state index contributed by atoms with van der Waals surface area (Å²) in [5.41, 5.74) is 6.08. The number of nitrogens with zero attached hydrogens (tertiary/aromatic N) is 3. The van der Waals surface area contributed by atoms with Crippen LogP contribution in [0.15, 0.2) is 5.57 Å². The van der Waals surface area contributed by atoms with Crippen LogP contribution in [0.5, 0.6) is 0 Å². The fourth-order valence-electron chi connectivity index (χ4n) is 4.33. The van der Waals surface area contributed by atoms with Gasteiger partial charge >= 0.3 is 0 Å². The van der Waals surface area contributed by atoms with Crippen molar-refractivity contribution in [3.8, 4) is 0 Å². The molecule has 1 fully saturated rings. The maximum atomic E-state index is 5.01. The molecule has 4 nitrogen and oxygen atoms in total. The summed E-state index contributed by atoms with van der Waals surface area (Å²) < 4.78 is 2.19. The minimum absolute atomic E-state index is 0.516. The zero-order chi connectivity index (χ0) is 14.4. The van der Waals surface area contributed by atoms with Gasteiger partial charge in [0.25, 0.3) is 0 Å². The van der Waals surface area contributed by atoms with Crippen LogP contribution in [0.4, 0.5) is 5.82 Å². The molecule has 2 aliphatic heterocycles. The largest absolute Gasteiger partial charge is 0.366 e. The van der Waals surface area contributed by atoms with E-state index in [4.69, 9.17) is 5.10 Å². The molecule has 21 heavy (non-hydrogen) atoms. The summed E-state index contributed by atoms with van der Waals surface area (Å²) in [6.07, 6.45) is 7.79. The van der Waals surface area contributed by atoms with Crippen LogP contribution in [-0.4, -0.2) is 34.8 Å². The molecule has 1 aromatic rings. The van der Waals surface area contributed by atoms with Crippen molar-refractivity contribution >= 4 is 11.4 Å². The van der Waals surface area contributed by atoms with Gasteiger partial charge in [-0.15, -0.1) is 0 Å². The van der Waals surface area contributed by atoms with Crippen molar-refractivity contribution in [1.29, 1.82) is 0 Å². The summed E-state index contributed by atoms with van der Waals surface area (Å²) in [4.78, 5) is 2.49. The Hall–Kier alpha value is -1.29. The van der Waals surface area contributed by atoms with Crippen LogP contribution in [0.3, 0.4) is 0 Å². The molecule has 0 saturated carbocycles. The third kappa shape index (κ3) is 2.03. The second kappa shape index (κ2) is 5.16. The Balaban J connectivity index is 1.86. The highest BCUT2D eigenvalue weighted by molar-refractivity contribution is 5.82. The molecule has 1 unspecified atom stereocenters. The highest BCUT2D eigenvalue weighted by atomic mass is 15.3. The quantitative estimate of drug-likeness (QED) is 0.904. The average Bonchev–Trinajstić information content (AvgIpc) is 3.10. The summed E-state index contributed by atoms with van der Waals surface area (Å²) in [5, 5.41) is 8.68. The van der Waals surface area contributed by atoms with Gasteiger partial charge in [-0.2, -0.15) is 5.10 Å². The molecular weight excluding hydrogens is 260 g/mol. The van der Waals surface area contributed by atoms with Gasteiger partial charge in [0.2, 0.25) is 0 Å². The smallest absolute Gasteiger partial charge is 0.132 e. The summed E-state index contributed by atoms with van der Waals surface area (Å²) >= 11 is 0. The average molecular weight is 286 g/mol. The standard InChI is InChI=1S/C17H26N4/c1-3-21-17-15(13-8-5-4-7-12(13)11-18-17)16(19-21)14-9-6-10-20(14)2/h14,18H,3-11H2,1-2H3. The Morgan fingerprint density at radius 3 is 2.86 bits per heavy atom. The van der Waals surface area contributed by atoms with E-state index in [0.717, 1.165) is 13.1 Å². The summed E-state index contributed by atoms with van der Waals surface area (Å²) in [6, 6.07) is 0.516. The van der Waals surface area contributed by atoms with E-state index in [1.54, 1.807) is 11.1 Å². The molecule has 1 atom stereocenters. The van der Waals surface area contributed by atoms with Crippen LogP contribution in [0, 0.1) is 0 Å². The van der Waals surface area contributed by atoms with Crippen LogP contribution in [0.2, 0.25) is 0 Å². The fraction of sp³-hybridized carbons (Fsp3) is 0.706. The first kappa shape index (κ1) is 13.4. The fourth-order valence-corrected chi connectivity index (χ4v) is 4.33. The minimum Gasteiger partial charge on any atom is -0.366 e. The van der Waals surface area contributed by atoms with Crippen molar-refractivity contribution in [3.63, 3.8) is 0 Å². The van der Waals surface area contributed by atoms with Crippen LogP contribution >= 0.6 is 0 Å². The number of aromatic nitrogens is 2. The number of likely N-dealkylation sites (tertiary alicyclic amines) is 1. The molecule has 0 bridgehead atoms. The number of rotatable bonds is 2. The number of fused-ring (bicyclic) bond motifs is 2. The lowest BCUT2D eigenvalue weighted by atomic mass is 9.84. The molecule has 0 spiro atoms. The van der Waals surface area contributed by atoms with E-state index < -0.39 is 0 Å². The van der Waals surface area contributed by atoms with Gasteiger partial charge in [0.05, 0.1) is 11.7 Å². The predicted octanol–water partition coefficient (Wildman–Crippen LogP) is 3.42. The zero-order valence-electron chi connectivity index (χ0n) is 13.3. The summed E-state index contributed by atoms with van der Waals surface area (Å²) in [5.74, 6) is 1.29. The molecule has 114 valence electrons. The summed E-state index contributed by atoms with van der Waals surface area (Å²) in [7, 11) is 2.25. The van der Waals surface area contributed by atoms with E-state index in [1.165, 1.54) is 62.1 Å². The van der Waals surface area contributed by atoms with Gasteiger partial charge < -0.3 is 5.32 Å². The van der Waals surface area contributed by atoms with E-state index in [1.807, 2.05) is 0 Å². The highest BCUT2D eigenvalue weighted by Crippen LogP contribution is 2.44. The molecule has 0 amide bonds. The molecule has 1 aliphatic carbocycles. The maximum Gasteiger partial charge on any atom is 0.132 e. The lowest BCUT2D eigenvalue weighted by molar-refractivity contribution is 0.309. The SMILES string of the molecule is CCn1nc(C2CCCN2C)c2c1NCC1=C2CCCC1. The number of nitrogens with one attached hydrogen (secondary N) is 1. The van der Waals surface area contributed by atoms with Crippen molar-refractivity contribution in [2.75, 3.05) is 25.5 Å². The molecule has 4 heteroatoms. The number of allylic oxidation sites excluding steroid dienone is 1. The number of hydrogen-bond acceptors (Lipinski definition) is 3. The van der Waals surface area contributed by atoms with Gasteiger partial charge in [-0.1, -0.05) is 0 Å². The van der Waals surface area contributed by atoms with Gasteiger partial charge in [-0.05, 0) is 70.2 Å². The molecular formula is C17H26N4. The second-order valence-electron chi connectivity index (χ2n) is 6.71. The molecule has 3 heterocycles. The van der Waals surface area contributed by atoms with Gasteiger partial charge in [-0.3, -0.25) is 4.90 Å². The maximum absolute atomic E-state index is 5.01. The Labute approximate surface area is 127 Å². The molecule has 1 N–H and O–H groups in total. The molecule has 1 saturated heterocycles. The first-order valence-electron chi connectivity index (χ1n) is 8.55.